The first kappa shape index (κ1) is 15.3. The lowest BCUT2D eigenvalue weighted by Crippen LogP contribution is -2.26. The summed E-state index contributed by atoms with van der Waals surface area (Å²) in [7, 11) is 1.87. The molecule has 2 rings (SSSR count). The van der Waals surface area contributed by atoms with Crippen LogP contribution in [0.25, 0.3) is 0 Å². The topological polar surface area (TPSA) is 20.3 Å². The molecule has 1 aromatic heterocycles. The number of benzene rings is 1. The van der Waals surface area contributed by atoms with E-state index in [1.807, 2.05) is 31.3 Å². The average Bonchev–Trinajstić information content (AvgIpc) is 2.94. The second-order valence-corrected chi connectivity index (χ2v) is 6.66. The van der Waals surface area contributed by atoms with Gasteiger partial charge in [0.15, 0.2) is 0 Å². The fourth-order valence-electron chi connectivity index (χ4n) is 2.03. The molecule has 0 spiro atoms. The molecule has 2 nitrogen and oxygen atoms in total. The third-order valence-electron chi connectivity index (χ3n) is 3.19. The van der Waals surface area contributed by atoms with Gasteiger partial charge in [-0.15, -0.1) is 11.3 Å². The Morgan fingerprint density at radius 3 is 2.75 bits per heavy atom. The van der Waals surface area contributed by atoms with Crippen LogP contribution in [0.1, 0.15) is 23.3 Å². The molecule has 20 heavy (non-hydrogen) atoms. The fourth-order valence-corrected chi connectivity index (χ4v) is 3.19. The van der Waals surface area contributed by atoms with E-state index >= 15 is 0 Å². The molecule has 1 heterocycles. The van der Waals surface area contributed by atoms with E-state index in [9.17, 15) is 4.79 Å². The Morgan fingerprint density at radius 2 is 2.05 bits per heavy atom. The second kappa shape index (κ2) is 7.60. The molecule has 0 N–H and O–H groups in total. The van der Waals surface area contributed by atoms with Crippen molar-refractivity contribution in [2.24, 2.45) is 0 Å². The van der Waals surface area contributed by atoms with Crippen LogP contribution in [-0.4, -0.2) is 17.9 Å². The van der Waals surface area contributed by atoms with Crippen molar-refractivity contribution in [3.8, 4) is 0 Å². The molecule has 0 radical (unpaired) electrons. The molecule has 106 valence electrons. The maximum Gasteiger partial charge on any atom is 0.222 e. The van der Waals surface area contributed by atoms with Crippen LogP contribution < -0.4 is 0 Å². The van der Waals surface area contributed by atoms with Crippen molar-refractivity contribution >= 4 is 33.2 Å². The summed E-state index contributed by atoms with van der Waals surface area (Å²) in [6.07, 6.45) is 2.52. The monoisotopic (exact) mass is 351 g/mol. The third kappa shape index (κ3) is 4.46. The van der Waals surface area contributed by atoms with Crippen molar-refractivity contribution < 1.29 is 4.79 Å². The Balaban J connectivity index is 1.79. The van der Waals surface area contributed by atoms with Crippen molar-refractivity contribution in [2.45, 2.75) is 25.8 Å². The number of thiophene rings is 1. The van der Waals surface area contributed by atoms with Crippen LogP contribution in [0.4, 0.5) is 0 Å². The van der Waals surface area contributed by atoms with Crippen molar-refractivity contribution in [3.05, 3.63) is 56.7 Å². The molecule has 0 saturated carbocycles. The van der Waals surface area contributed by atoms with Gasteiger partial charge in [0.2, 0.25) is 5.91 Å². The molecule has 0 unspecified atom stereocenters. The van der Waals surface area contributed by atoms with Crippen molar-refractivity contribution in [1.82, 2.24) is 4.90 Å². The van der Waals surface area contributed by atoms with Gasteiger partial charge in [0.1, 0.15) is 0 Å². The minimum absolute atomic E-state index is 0.206. The standard InChI is InChI=1S/C16H18BrNOS/c1-18(12-13-6-2-3-9-15(13)17)16(19)10-4-7-14-8-5-11-20-14/h2-3,5-6,8-9,11H,4,7,10,12H2,1H3. The molecule has 1 amide bonds. The van der Waals surface area contributed by atoms with Crippen molar-refractivity contribution in [1.29, 1.82) is 0 Å². The van der Waals surface area contributed by atoms with Gasteiger partial charge in [-0.3, -0.25) is 4.79 Å². The normalized spacial score (nSPS) is 10.5. The third-order valence-corrected chi connectivity index (χ3v) is 4.89. The SMILES string of the molecule is CN(Cc1ccccc1Br)C(=O)CCCc1cccs1. The molecule has 4 heteroatoms. The number of amides is 1. The van der Waals surface area contributed by atoms with Crippen LogP contribution in [0.5, 0.6) is 0 Å². The predicted octanol–water partition coefficient (Wildman–Crippen LogP) is 4.49. The Bertz CT molecular complexity index is 553. The highest BCUT2D eigenvalue weighted by atomic mass is 79.9. The van der Waals surface area contributed by atoms with Crippen LogP contribution in [0.15, 0.2) is 46.3 Å². The first-order valence-corrected chi connectivity index (χ1v) is 8.34. The highest BCUT2D eigenvalue weighted by molar-refractivity contribution is 9.10. The molecule has 0 aliphatic heterocycles. The maximum absolute atomic E-state index is 12.1. The van der Waals surface area contributed by atoms with Crippen molar-refractivity contribution in [2.75, 3.05) is 7.05 Å². The number of halogens is 1. The van der Waals surface area contributed by atoms with E-state index in [-0.39, 0.29) is 5.91 Å². The van der Waals surface area contributed by atoms with E-state index in [0.29, 0.717) is 13.0 Å². The summed E-state index contributed by atoms with van der Waals surface area (Å²) in [6, 6.07) is 12.2. The van der Waals surface area contributed by atoms with Crippen LogP contribution in [0.3, 0.4) is 0 Å². The molecule has 0 aliphatic carbocycles. The number of carbonyl (C=O) groups excluding carboxylic acids is 1. The highest BCUT2D eigenvalue weighted by Gasteiger charge is 2.10. The Hall–Kier alpha value is -1.13. The van der Waals surface area contributed by atoms with E-state index < -0.39 is 0 Å². The molecular formula is C16H18BrNOS. The Labute approximate surface area is 132 Å². The number of hydrogen-bond donors (Lipinski definition) is 0. The summed E-state index contributed by atoms with van der Waals surface area (Å²) < 4.78 is 1.05. The lowest BCUT2D eigenvalue weighted by Gasteiger charge is -2.18. The summed E-state index contributed by atoms with van der Waals surface area (Å²) in [4.78, 5) is 15.3. The Morgan fingerprint density at radius 1 is 1.25 bits per heavy atom. The minimum atomic E-state index is 0.206. The molecule has 2 aromatic rings. The lowest BCUT2D eigenvalue weighted by atomic mass is 10.2. The number of carbonyl (C=O) groups is 1. The van der Waals surface area contributed by atoms with Gasteiger partial charge in [-0.1, -0.05) is 40.2 Å². The second-order valence-electron chi connectivity index (χ2n) is 4.77. The molecule has 1 aromatic carbocycles. The summed E-state index contributed by atoms with van der Waals surface area (Å²) in [6.45, 7) is 0.652. The van der Waals surface area contributed by atoms with Crippen LogP contribution in [-0.2, 0) is 17.8 Å². The van der Waals surface area contributed by atoms with Gasteiger partial charge >= 0.3 is 0 Å². The molecule has 0 atom stereocenters. The summed E-state index contributed by atoms with van der Waals surface area (Å²) in [5.41, 5.74) is 1.14. The number of aryl methyl sites for hydroxylation is 1. The van der Waals surface area contributed by atoms with Crippen LogP contribution in [0.2, 0.25) is 0 Å². The number of rotatable bonds is 6. The van der Waals surface area contributed by atoms with Gasteiger partial charge in [-0.2, -0.15) is 0 Å². The average molecular weight is 352 g/mol. The van der Waals surface area contributed by atoms with Gasteiger partial charge in [0.05, 0.1) is 0 Å². The zero-order valence-electron chi connectivity index (χ0n) is 11.5. The van der Waals surface area contributed by atoms with Crippen LogP contribution in [0, 0.1) is 0 Å². The van der Waals surface area contributed by atoms with E-state index in [2.05, 4.69) is 33.4 Å². The number of nitrogens with zero attached hydrogens (tertiary/aromatic N) is 1. The minimum Gasteiger partial charge on any atom is -0.341 e. The largest absolute Gasteiger partial charge is 0.341 e. The molecule has 0 bridgehead atoms. The van der Waals surface area contributed by atoms with Gasteiger partial charge < -0.3 is 4.90 Å². The zero-order chi connectivity index (χ0) is 14.4. The highest BCUT2D eigenvalue weighted by Crippen LogP contribution is 2.18. The van der Waals surface area contributed by atoms with E-state index in [1.165, 1.54) is 4.88 Å². The van der Waals surface area contributed by atoms with Gasteiger partial charge in [-0.05, 0) is 35.9 Å². The summed E-state index contributed by atoms with van der Waals surface area (Å²) in [5.74, 6) is 0.206. The van der Waals surface area contributed by atoms with Crippen LogP contribution >= 0.6 is 27.3 Å². The van der Waals surface area contributed by atoms with Crippen molar-refractivity contribution in [3.63, 3.8) is 0 Å². The quantitative estimate of drug-likeness (QED) is 0.750. The summed E-state index contributed by atoms with van der Waals surface area (Å²) in [5, 5.41) is 2.08. The fraction of sp³-hybridized carbons (Fsp3) is 0.312. The van der Waals surface area contributed by atoms with E-state index in [0.717, 1.165) is 22.9 Å². The van der Waals surface area contributed by atoms with Gasteiger partial charge in [0.25, 0.3) is 0 Å². The smallest absolute Gasteiger partial charge is 0.222 e. The zero-order valence-corrected chi connectivity index (χ0v) is 13.9. The molecular weight excluding hydrogens is 334 g/mol. The lowest BCUT2D eigenvalue weighted by molar-refractivity contribution is -0.130. The predicted molar refractivity (Wildman–Crippen MR) is 87.9 cm³/mol. The number of hydrogen-bond acceptors (Lipinski definition) is 2. The van der Waals surface area contributed by atoms with E-state index in [1.54, 1.807) is 16.2 Å². The first-order valence-electron chi connectivity index (χ1n) is 6.66. The molecule has 0 aliphatic rings. The van der Waals surface area contributed by atoms with Gasteiger partial charge in [0, 0.05) is 29.4 Å². The summed E-state index contributed by atoms with van der Waals surface area (Å²) >= 11 is 5.27. The van der Waals surface area contributed by atoms with Gasteiger partial charge in [-0.25, -0.2) is 0 Å². The maximum atomic E-state index is 12.1. The molecule has 0 fully saturated rings. The Kier molecular flexibility index (Phi) is 5.80. The molecule has 0 saturated heterocycles. The first-order chi connectivity index (χ1) is 9.66. The van der Waals surface area contributed by atoms with E-state index in [4.69, 9.17) is 0 Å².